The van der Waals surface area contributed by atoms with E-state index < -0.39 is 12.0 Å². The zero-order valence-corrected chi connectivity index (χ0v) is 9.31. The van der Waals surface area contributed by atoms with Crippen LogP contribution in [0.25, 0.3) is 11.4 Å². The number of rotatable bonds is 2. The summed E-state index contributed by atoms with van der Waals surface area (Å²) in [6.07, 6.45) is 2.90. The van der Waals surface area contributed by atoms with Gasteiger partial charge in [-0.25, -0.2) is 8.78 Å². The molecule has 0 spiro atoms. The van der Waals surface area contributed by atoms with Crippen LogP contribution in [0.5, 0.6) is 0 Å². The zero-order valence-electron chi connectivity index (χ0n) is 9.31. The molecule has 5 nitrogen and oxygen atoms in total. The summed E-state index contributed by atoms with van der Waals surface area (Å²) in [4.78, 5) is 8.05. The first-order valence-corrected chi connectivity index (χ1v) is 5.49. The van der Waals surface area contributed by atoms with Crippen molar-refractivity contribution in [2.24, 2.45) is 0 Å². The topological polar surface area (TPSA) is 63.8 Å². The Kier molecular flexibility index (Phi) is 2.55. The molecule has 1 fully saturated rings. The van der Waals surface area contributed by atoms with E-state index in [1.165, 1.54) is 0 Å². The van der Waals surface area contributed by atoms with Crippen molar-refractivity contribution in [2.75, 3.05) is 6.54 Å². The monoisotopic (exact) mass is 252 g/mol. The SMILES string of the molecule is FC1(F)CNC(c2nc(-c3cccnc3)no2)C1. The van der Waals surface area contributed by atoms with Gasteiger partial charge in [-0.3, -0.25) is 10.3 Å². The fourth-order valence-electron chi connectivity index (χ4n) is 1.88. The van der Waals surface area contributed by atoms with Gasteiger partial charge in [-0.05, 0) is 12.1 Å². The van der Waals surface area contributed by atoms with Crippen molar-refractivity contribution in [2.45, 2.75) is 18.4 Å². The minimum atomic E-state index is -2.71. The Hall–Kier alpha value is -1.89. The van der Waals surface area contributed by atoms with Gasteiger partial charge in [0.25, 0.3) is 5.92 Å². The summed E-state index contributed by atoms with van der Waals surface area (Å²) in [7, 11) is 0. The number of pyridine rings is 1. The Labute approximate surface area is 101 Å². The Morgan fingerprint density at radius 3 is 3.00 bits per heavy atom. The Balaban J connectivity index is 1.83. The van der Waals surface area contributed by atoms with E-state index in [9.17, 15) is 8.78 Å². The maximum absolute atomic E-state index is 13.0. The Bertz CT molecular complexity index is 543. The van der Waals surface area contributed by atoms with E-state index >= 15 is 0 Å². The van der Waals surface area contributed by atoms with Crippen LogP contribution in [-0.2, 0) is 0 Å². The quantitative estimate of drug-likeness (QED) is 0.882. The average molecular weight is 252 g/mol. The number of nitrogens with zero attached hydrogens (tertiary/aromatic N) is 3. The number of hydrogen-bond acceptors (Lipinski definition) is 5. The molecule has 1 unspecified atom stereocenters. The first kappa shape index (κ1) is 11.2. The van der Waals surface area contributed by atoms with Crippen LogP contribution in [0, 0.1) is 0 Å². The van der Waals surface area contributed by atoms with E-state index in [1.807, 2.05) is 0 Å². The van der Waals surface area contributed by atoms with E-state index in [-0.39, 0.29) is 18.9 Å². The molecule has 1 aliphatic rings. The highest BCUT2D eigenvalue weighted by molar-refractivity contribution is 5.51. The van der Waals surface area contributed by atoms with Gasteiger partial charge in [0.1, 0.15) is 0 Å². The molecule has 7 heteroatoms. The minimum Gasteiger partial charge on any atom is -0.337 e. The van der Waals surface area contributed by atoms with E-state index in [2.05, 4.69) is 20.4 Å². The van der Waals surface area contributed by atoms with Crippen LogP contribution in [-0.4, -0.2) is 27.6 Å². The van der Waals surface area contributed by atoms with Gasteiger partial charge in [0.15, 0.2) is 0 Å². The van der Waals surface area contributed by atoms with Crippen molar-refractivity contribution in [3.63, 3.8) is 0 Å². The minimum absolute atomic E-state index is 0.186. The van der Waals surface area contributed by atoms with E-state index in [4.69, 9.17) is 4.52 Å². The molecule has 0 aliphatic carbocycles. The molecular weight excluding hydrogens is 242 g/mol. The second-order valence-electron chi connectivity index (χ2n) is 4.19. The molecule has 1 atom stereocenters. The van der Waals surface area contributed by atoms with Gasteiger partial charge in [0.05, 0.1) is 12.6 Å². The van der Waals surface area contributed by atoms with Gasteiger partial charge in [0, 0.05) is 24.4 Å². The molecule has 94 valence electrons. The summed E-state index contributed by atoms with van der Waals surface area (Å²) in [5.41, 5.74) is 0.692. The van der Waals surface area contributed by atoms with Gasteiger partial charge in [-0.2, -0.15) is 4.98 Å². The summed E-state index contributed by atoms with van der Waals surface area (Å²) in [5.74, 6) is -2.17. The molecule has 1 aliphatic heterocycles. The van der Waals surface area contributed by atoms with Gasteiger partial charge in [-0.15, -0.1) is 0 Å². The highest BCUT2D eigenvalue weighted by Crippen LogP contribution is 2.33. The first-order chi connectivity index (χ1) is 8.64. The molecule has 3 rings (SSSR count). The number of hydrogen-bond donors (Lipinski definition) is 1. The molecule has 0 bridgehead atoms. The van der Waals surface area contributed by atoms with Crippen molar-refractivity contribution < 1.29 is 13.3 Å². The predicted octanol–water partition coefficient (Wildman–Crippen LogP) is 1.80. The van der Waals surface area contributed by atoms with Crippen LogP contribution < -0.4 is 5.32 Å². The second-order valence-corrected chi connectivity index (χ2v) is 4.19. The third-order valence-corrected chi connectivity index (χ3v) is 2.77. The lowest BCUT2D eigenvalue weighted by atomic mass is 10.2. The summed E-state index contributed by atoms with van der Waals surface area (Å²) in [6, 6.07) is 2.93. The van der Waals surface area contributed by atoms with Gasteiger partial charge in [0.2, 0.25) is 11.7 Å². The fourth-order valence-corrected chi connectivity index (χ4v) is 1.88. The van der Waals surface area contributed by atoms with Crippen LogP contribution in [0.15, 0.2) is 29.0 Å². The van der Waals surface area contributed by atoms with Crippen LogP contribution in [0.4, 0.5) is 8.78 Å². The molecule has 2 aromatic heterocycles. The molecule has 0 radical (unpaired) electrons. The van der Waals surface area contributed by atoms with Crippen molar-refractivity contribution in [1.29, 1.82) is 0 Å². The van der Waals surface area contributed by atoms with Crippen LogP contribution in [0.1, 0.15) is 18.4 Å². The summed E-state index contributed by atoms with van der Waals surface area (Å²) in [6.45, 7) is -0.359. The lowest BCUT2D eigenvalue weighted by molar-refractivity contribution is 0.0200. The highest BCUT2D eigenvalue weighted by atomic mass is 19.3. The molecular formula is C11H10F2N4O. The standard InChI is InChI=1S/C11H10F2N4O/c12-11(13)4-8(15-6-11)10-16-9(17-18-10)7-2-1-3-14-5-7/h1-3,5,8,15H,4,6H2. The second kappa shape index (κ2) is 4.09. The lowest BCUT2D eigenvalue weighted by Crippen LogP contribution is -2.19. The molecule has 18 heavy (non-hydrogen) atoms. The number of halogens is 2. The van der Waals surface area contributed by atoms with Crippen molar-refractivity contribution >= 4 is 0 Å². The largest absolute Gasteiger partial charge is 0.337 e. The maximum atomic E-state index is 13.0. The molecule has 1 N–H and O–H groups in total. The Morgan fingerprint density at radius 2 is 2.33 bits per heavy atom. The summed E-state index contributed by atoms with van der Waals surface area (Å²) >= 11 is 0. The normalized spacial score (nSPS) is 22.2. The lowest BCUT2D eigenvalue weighted by Gasteiger charge is -2.04. The van der Waals surface area contributed by atoms with E-state index in [0.29, 0.717) is 11.4 Å². The molecule has 0 amide bonds. The van der Waals surface area contributed by atoms with Crippen molar-refractivity contribution in [1.82, 2.24) is 20.4 Å². The van der Waals surface area contributed by atoms with Gasteiger partial charge < -0.3 is 4.52 Å². The number of aromatic nitrogens is 3. The number of nitrogens with one attached hydrogen (secondary N) is 1. The first-order valence-electron chi connectivity index (χ1n) is 5.49. The van der Waals surface area contributed by atoms with Crippen LogP contribution in [0.2, 0.25) is 0 Å². The van der Waals surface area contributed by atoms with E-state index in [0.717, 1.165) is 0 Å². The average Bonchev–Trinajstić information content (AvgIpc) is 2.96. The molecule has 1 saturated heterocycles. The molecule has 2 aromatic rings. The van der Waals surface area contributed by atoms with Gasteiger partial charge >= 0.3 is 0 Å². The smallest absolute Gasteiger partial charge is 0.262 e. The molecule has 3 heterocycles. The van der Waals surface area contributed by atoms with Crippen molar-refractivity contribution in [3.05, 3.63) is 30.4 Å². The zero-order chi connectivity index (χ0) is 12.6. The number of alkyl halides is 2. The highest BCUT2D eigenvalue weighted by Gasteiger charge is 2.42. The van der Waals surface area contributed by atoms with Crippen molar-refractivity contribution in [3.8, 4) is 11.4 Å². The summed E-state index contributed by atoms with van der Waals surface area (Å²) < 4.78 is 31.1. The molecule has 0 saturated carbocycles. The third-order valence-electron chi connectivity index (χ3n) is 2.77. The molecule has 0 aromatic carbocycles. The summed E-state index contributed by atoms with van der Waals surface area (Å²) in [5, 5.41) is 6.43. The third kappa shape index (κ3) is 2.08. The fraction of sp³-hybridized carbons (Fsp3) is 0.364. The van der Waals surface area contributed by atoms with E-state index in [1.54, 1.807) is 24.5 Å². The van der Waals surface area contributed by atoms with Crippen LogP contribution >= 0.6 is 0 Å². The van der Waals surface area contributed by atoms with Gasteiger partial charge in [-0.1, -0.05) is 5.16 Å². The maximum Gasteiger partial charge on any atom is 0.262 e. The Morgan fingerprint density at radius 1 is 1.44 bits per heavy atom. The van der Waals surface area contributed by atoms with Crippen LogP contribution in [0.3, 0.4) is 0 Å². The predicted molar refractivity (Wildman–Crippen MR) is 57.8 cm³/mol.